The third-order valence-electron chi connectivity index (χ3n) is 3.87. The summed E-state index contributed by atoms with van der Waals surface area (Å²) < 4.78 is 30.4. The summed E-state index contributed by atoms with van der Waals surface area (Å²) in [6.07, 6.45) is 1.62. The summed E-state index contributed by atoms with van der Waals surface area (Å²) in [5.41, 5.74) is 0.328. The van der Waals surface area contributed by atoms with Gasteiger partial charge in [-0.2, -0.15) is 8.78 Å². The molecule has 5 nitrogen and oxygen atoms in total. The lowest BCUT2D eigenvalue weighted by Gasteiger charge is -2.16. The number of hydrogen-bond donors (Lipinski definition) is 1. The van der Waals surface area contributed by atoms with Crippen molar-refractivity contribution in [2.24, 2.45) is 5.92 Å². The SMILES string of the molecule is O=C(Nc1ccccc1SC(F)F)[C@H]1CC(=O)N(Cc2ccco2)C1. The van der Waals surface area contributed by atoms with Crippen LogP contribution in [0.2, 0.25) is 0 Å². The Kier molecular flexibility index (Phi) is 5.37. The summed E-state index contributed by atoms with van der Waals surface area (Å²) >= 11 is 0.376. The number of nitrogens with zero attached hydrogens (tertiary/aromatic N) is 1. The van der Waals surface area contributed by atoms with Gasteiger partial charge < -0.3 is 14.6 Å². The van der Waals surface area contributed by atoms with Crippen LogP contribution in [0.3, 0.4) is 0 Å². The van der Waals surface area contributed by atoms with E-state index >= 15 is 0 Å². The van der Waals surface area contributed by atoms with Crippen molar-refractivity contribution in [3.63, 3.8) is 0 Å². The Labute approximate surface area is 147 Å². The summed E-state index contributed by atoms with van der Waals surface area (Å²) in [4.78, 5) is 26.4. The fourth-order valence-corrected chi connectivity index (χ4v) is 3.29. The Morgan fingerprint density at radius 2 is 2.12 bits per heavy atom. The minimum atomic E-state index is -2.57. The second-order valence-electron chi connectivity index (χ2n) is 5.62. The van der Waals surface area contributed by atoms with Crippen LogP contribution in [-0.2, 0) is 16.1 Å². The third kappa shape index (κ3) is 4.39. The van der Waals surface area contributed by atoms with E-state index in [1.54, 1.807) is 35.2 Å². The first-order valence-electron chi connectivity index (χ1n) is 7.68. The van der Waals surface area contributed by atoms with Gasteiger partial charge in [-0.15, -0.1) is 0 Å². The summed E-state index contributed by atoms with van der Waals surface area (Å²) in [5, 5.41) is 2.66. The average Bonchev–Trinajstić information content (AvgIpc) is 3.20. The molecule has 3 rings (SSSR count). The minimum absolute atomic E-state index is 0.0939. The number of anilines is 1. The topological polar surface area (TPSA) is 62.6 Å². The molecule has 1 aliphatic heterocycles. The zero-order valence-corrected chi connectivity index (χ0v) is 14.0. The molecule has 2 heterocycles. The molecule has 1 atom stereocenters. The van der Waals surface area contributed by atoms with Crippen LogP contribution in [0.15, 0.2) is 52.0 Å². The predicted octanol–water partition coefficient (Wildman–Crippen LogP) is 3.58. The largest absolute Gasteiger partial charge is 0.467 e. The van der Waals surface area contributed by atoms with Crippen molar-refractivity contribution < 1.29 is 22.8 Å². The fourth-order valence-electron chi connectivity index (χ4n) is 2.69. The van der Waals surface area contributed by atoms with Crippen molar-refractivity contribution in [1.82, 2.24) is 4.90 Å². The molecule has 0 radical (unpaired) electrons. The molecule has 132 valence electrons. The lowest BCUT2D eigenvalue weighted by Crippen LogP contribution is -2.28. The van der Waals surface area contributed by atoms with Crippen molar-refractivity contribution in [1.29, 1.82) is 0 Å². The maximum absolute atomic E-state index is 12.6. The number of halogens is 2. The van der Waals surface area contributed by atoms with Crippen LogP contribution in [0.25, 0.3) is 0 Å². The Hall–Kier alpha value is -2.35. The molecule has 1 fully saturated rings. The highest BCUT2D eigenvalue weighted by Gasteiger charge is 2.34. The van der Waals surface area contributed by atoms with Gasteiger partial charge in [0.25, 0.3) is 5.76 Å². The first kappa shape index (κ1) is 17.5. The molecular weight excluding hydrogens is 350 g/mol. The van der Waals surface area contributed by atoms with Gasteiger partial charge >= 0.3 is 0 Å². The number of nitrogens with one attached hydrogen (secondary N) is 1. The average molecular weight is 366 g/mol. The summed E-state index contributed by atoms with van der Waals surface area (Å²) in [6.45, 7) is 0.586. The molecule has 1 saturated heterocycles. The Morgan fingerprint density at radius 3 is 2.84 bits per heavy atom. The molecule has 2 amide bonds. The van der Waals surface area contributed by atoms with Crippen molar-refractivity contribution in [3.05, 3.63) is 48.4 Å². The number of alkyl halides is 2. The molecular formula is C17H16F2N2O3S. The van der Waals surface area contributed by atoms with Crippen molar-refractivity contribution in [3.8, 4) is 0 Å². The van der Waals surface area contributed by atoms with E-state index in [0.29, 0.717) is 34.6 Å². The molecule has 1 aliphatic rings. The molecule has 8 heteroatoms. The van der Waals surface area contributed by atoms with Gasteiger partial charge in [0.15, 0.2) is 0 Å². The highest BCUT2D eigenvalue weighted by atomic mass is 32.2. The molecule has 25 heavy (non-hydrogen) atoms. The zero-order valence-electron chi connectivity index (χ0n) is 13.2. The maximum Gasteiger partial charge on any atom is 0.288 e. The van der Waals surface area contributed by atoms with Crippen LogP contribution < -0.4 is 5.32 Å². The van der Waals surface area contributed by atoms with E-state index in [-0.39, 0.29) is 24.8 Å². The van der Waals surface area contributed by atoms with Crippen LogP contribution in [-0.4, -0.2) is 29.0 Å². The number of hydrogen-bond acceptors (Lipinski definition) is 4. The van der Waals surface area contributed by atoms with Crippen LogP contribution in [0.5, 0.6) is 0 Å². The quantitative estimate of drug-likeness (QED) is 0.794. The van der Waals surface area contributed by atoms with Crippen molar-refractivity contribution in [2.45, 2.75) is 23.6 Å². The second-order valence-corrected chi connectivity index (χ2v) is 6.65. The molecule has 0 aliphatic carbocycles. The first-order chi connectivity index (χ1) is 12.0. The Balaban J connectivity index is 1.63. The number of amides is 2. The molecule has 1 N–H and O–H groups in total. The van der Waals surface area contributed by atoms with E-state index in [9.17, 15) is 18.4 Å². The number of para-hydroxylation sites is 1. The van der Waals surface area contributed by atoms with Gasteiger partial charge in [0.2, 0.25) is 11.8 Å². The van der Waals surface area contributed by atoms with Crippen LogP contribution in [0, 0.1) is 5.92 Å². The van der Waals surface area contributed by atoms with E-state index in [1.165, 1.54) is 12.3 Å². The lowest BCUT2D eigenvalue weighted by atomic mass is 10.1. The van der Waals surface area contributed by atoms with E-state index in [4.69, 9.17) is 4.42 Å². The van der Waals surface area contributed by atoms with Crippen molar-refractivity contribution in [2.75, 3.05) is 11.9 Å². The highest BCUT2D eigenvalue weighted by Crippen LogP contribution is 2.32. The normalized spacial score (nSPS) is 17.3. The molecule has 0 spiro atoms. The number of benzene rings is 1. The monoisotopic (exact) mass is 366 g/mol. The molecule has 1 aromatic heterocycles. The Bertz CT molecular complexity index is 752. The second kappa shape index (κ2) is 7.69. The smallest absolute Gasteiger partial charge is 0.288 e. The van der Waals surface area contributed by atoms with Gasteiger partial charge in [-0.05, 0) is 24.3 Å². The number of carbonyl (C=O) groups excluding carboxylic acids is 2. The van der Waals surface area contributed by atoms with Gasteiger partial charge in [-0.1, -0.05) is 23.9 Å². The summed E-state index contributed by atoms with van der Waals surface area (Å²) in [6, 6.07) is 9.88. The van der Waals surface area contributed by atoms with Crippen molar-refractivity contribution >= 4 is 29.3 Å². The Morgan fingerprint density at radius 1 is 1.32 bits per heavy atom. The van der Waals surface area contributed by atoms with E-state index in [2.05, 4.69) is 5.32 Å². The van der Waals surface area contributed by atoms with E-state index < -0.39 is 11.7 Å². The highest BCUT2D eigenvalue weighted by molar-refractivity contribution is 7.99. The summed E-state index contributed by atoms with van der Waals surface area (Å²) in [5.74, 6) is -2.93. The maximum atomic E-state index is 12.6. The fraction of sp³-hybridized carbons (Fsp3) is 0.294. The molecule has 2 aromatic rings. The van der Waals surface area contributed by atoms with Crippen LogP contribution in [0.4, 0.5) is 14.5 Å². The number of rotatable bonds is 6. The standard InChI is InChI=1S/C17H16F2N2O3S/c18-17(19)25-14-6-2-1-5-13(14)20-16(23)11-8-15(22)21(9-11)10-12-4-3-7-24-12/h1-7,11,17H,8-10H2,(H,20,23)/t11-/m0/s1. The van der Waals surface area contributed by atoms with Gasteiger partial charge in [0, 0.05) is 17.9 Å². The van der Waals surface area contributed by atoms with Crippen LogP contribution >= 0.6 is 11.8 Å². The minimum Gasteiger partial charge on any atom is -0.467 e. The molecule has 0 unspecified atom stereocenters. The van der Waals surface area contributed by atoms with E-state index in [1.807, 2.05) is 0 Å². The van der Waals surface area contributed by atoms with Crippen LogP contribution in [0.1, 0.15) is 12.2 Å². The number of thioether (sulfide) groups is 1. The van der Waals surface area contributed by atoms with Gasteiger partial charge in [-0.25, -0.2) is 0 Å². The first-order valence-corrected chi connectivity index (χ1v) is 8.56. The predicted molar refractivity (Wildman–Crippen MR) is 89.2 cm³/mol. The van der Waals surface area contributed by atoms with Gasteiger partial charge in [0.05, 0.1) is 24.4 Å². The molecule has 0 bridgehead atoms. The lowest BCUT2D eigenvalue weighted by molar-refractivity contribution is -0.128. The number of furan rings is 1. The van der Waals surface area contributed by atoms with Gasteiger partial charge in [0.1, 0.15) is 5.76 Å². The number of likely N-dealkylation sites (tertiary alicyclic amines) is 1. The zero-order chi connectivity index (χ0) is 17.8. The van der Waals surface area contributed by atoms with Gasteiger partial charge in [-0.3, -0.25) is 9.59 Å². The molecule has 0 saturated carbocycles. The summed E-state index contributed by atoms with van der Waals surface area (Å²) in [7, 11) is 0. The third-order valence-corrected chi connectivity index (χ3v) is 4.66. The molecule has 1 aromatic carbocycles. The van der Waals surface area contributed by atoms with E-state index in [0.717, 1.165) is 0 Å². The number of carbonyl (C=O) groups is 2.